The fourth-order valence-corrected chi connectivity index (χ4v) is 4.02. The smallest absolute Gasteiger partial charge is 0.254 e. The lowest BCUT2D eigenvalue weighted by molar-refractivity contribution is -0.117. The highest BCUT2D eigenvalue weighted by atomic mass is 16.5. The Hall–Kier alpha value is -4.43. The highest BCUT2D eigenvalue weighted by Gasteiger charge is 2.21. The van der Waals surface area contributed by atoms with Gasteiger partial charge in [0, 0.05) is 36.7 Å². The predicted molar refractivity (Wildman–Crippen MR) is 148 cm³/mol. The van der Waals surface area contributed by atoms with Gasteiger partial charge in [-0.25, -0.2) is 4.98 Å². The van der Waals surface area contributed by atoms with Crippen molar-refractivity contribution in [3.8, 4) is 22.7 Å². The molecule has 3 aromatic carbocycles. The number of nitrogens with zero attached hydrogens (tertiary/aromatic N) is 3. The summed E-state index contributed by atoms with van der Waals surface area (Å²) >= 11 is 0. The van der Waals surface area contributed by atoms with Gasteiger partial charge < -0.3 is 14.4 Å². The minimum Gasteiger partial charge on any atom is -0.497 e. The number of hydrogen-bond acceptors (Lipinski definition) is 5. The predicted octanol–water partition coefficient (Wildman–Crippen LogP) is 4.89. The van der Waals surface area contributed by atoms with Gasteiger partial charge in [0.2, 0.25) is 11.9 Å². The number of aryl methyl sites for hydroxylation is 2. The first-order chi connectivity index (χ1) is 18.4. The number of hydrogen-bond donors (Lipinski definition) is 1. The Morgan fingerprint density at radius 2 is 1.74 bits per heavy atom. The summed E-state index contributed by atoms with van der Waals surface area (Å²) in [6.45, 7) is 4.47. The number of anilines is 1. The maximum Gasteiger partial charge on any atom is 0.254 e. The molecular weight excluding hydrogens is 480 g/mol. The number of rotatable bonds is 10. The second-order valence-corrected chi connectivity index (χ2v) is 8.95. The van der Waals surface area contributed by atoms with Gasteiger partial charge in [-0.2, -0.15) is 0 Å². The van der Waals surface area contributed by atoms with E-state index < -0.39 is 0 Å². The molecule has 0 saturated heterocycles. The molecule has 0 unspecified atom stereocenters. The Labute approximate surface area is 222 Å². The van der Waals surface area contributed by atoms with Gasteiger partial charge in [0.25, 0.3) is 5.91 Å². The fraction of sp³-hybridized carbons (Fsp3) is 0.233. The van der Waals surface area contributed by atoms with Crippen molar-refractivity contribution in [2.45, 2.75) is 13.8 Å². The van der Waals surface area contributed by atoms with Crippen molar-refractivity contribution in [2.75, 3.05) is 39.2 Å². The van der Waals surface area contributed by atoms with Crippen molar-refractivity contribution >= 4 is 17.8 Å². The first-order valence-corrected chi connectivity index (χ1v) is 12.3. The Bertz CT molecular complexity index is 1420. The maximum absolute atomic E-state index is 13.3. The monoisotopic (exact) mass is 512 g/mol. The maximum atomic E-state index is 13.3. The van der Waals surface area contributed by atoms with Crippen LogP contribution in [0, 0.1) is 13.8 Å². The largest absolute Gasteiger partial charge is 0.497 e. The van der Waals surface area contributed by atoms with Crippen molar-refractivity contribution in [1.29, 1.82) is 0 Å². The zero-order chi connectivity index (χ0) is 27.1. The first-order valence-electron chi connectivity index (χ1n) is 12.3. The van der Waals surface area contributed by atoms with Crippen LogP contribution in [0.1, 0.15) is 21.5 Å². The van der Waals surface area contributed by atoms with E-state index in [1.54, 1.807) is 38.5 Å². The number of ether oxygens (including phenoxy) is 2. The molecule has 4 aromatic rings. The SMILES string of the molecule is COCCN(CC(=O)Nc1nc(-c2ccccc2)cn1-c1ccc(C)c(C)c1)C(=O)c1cccc(OC)c1. The average Bonchev–Trinajstić information content (AvgIpc) is 3.36. The van der Waals surface area contributed by atoms with Crippen LogP contribution in [-0.4, -0.2) is 60.2 Å². The molecule has 1 N–H and O–H groups in total. The minimum absolute atomic E-state index is 0.167. The molecule has 0 bridgehead atoms. The van der Waals surface area contributed by atoms with Crippen LogP contribution in [0.4, 0.5) is 5.95 Å². The molecule has 8 heteroatoms. The summed E-state index contributed by atoms with van der Waals surface area (Å²) < 4.78 is 12.3. The molecule has 0 aliphatic heterocycles. The van der Waals surface area contributed by atoms with Crippen molar-refractivity contribution in [1.82, 2.24) is 14.5 Å². The number of amides is 2. The topological polar surface area (TPSA) is 85.7 Å². The van der Waals surface area contributed by atoms with Crippen LogP contribution in [0.25, 0.3) is 16.9 Å². The zero-order valence-electron chi connectivity index (χ0n) is 22.1. The molecule has 8 nitrogen and oxygen atoms in total. The van der Waals surface area contributed by atoms with Crippen molar-refractivity contribution < 1.29 is 19.1 Å². The number of carbonyl (C=O) groups is 2. The molecule has 0 fully saturated rings. The average molecular weight is 513 g/mol. The molecule has 0 spiro atoms. The Kier molecular flexibility index (Phi) is 8.55. The molecule has 4 rings (SSSR count). The summed E-state index contributed by atoms with van der Waals surface area (Å²) in [7, 11) is 3.10. The molecule has 1 heterocycles. The summed E-state index contributed by atoms with van der Waals surface area (Å²) in [6.07, 6.45) is 1.90. The van der Waals surface area contributed by atoms with E-state index in [9.17, 15) is 9.59 Å². The van der Waals surface area contributed by atoms with E-state index in [-0.39, 0.29) is 24.9 Å². The quantitative estimate of drug-likeness (QED) is 0.327. The highest BCUT2D eigenvalue weighted by Crippen LogP contribution is 2.25. The number of imidazole rings is 1. The van der Waals surface area contributed by atoms with Gasteiger partial charge >= 0.3 is 0 Å². The van der Waals surface area contributed by atoms with Gasteiger partial charge in [0.1, 0.15) is 12.3 Å². The van der Waals surface area contributed by atoms with Crippen LogP contribution in [-0.2, 0) is 9.53 Å². The van der Waals surface area contributed by atoms with Crippen LogP contribution in [0.5, 0.6) is 5.75 Å². The summed E-state index contributed by atoms with van der Waals surface area (Å²) in [4.78, 5) is 32.7. The third kappa shape index (κ3) is 6.27. The van der Waals surface area contributed by atoms with Crippen molar-refractivity contribution in [3.63, 3.8) is 0 Å². The second-order valence-electron chi connectivity index (χ2n) is 8.95. The number of benzene rings is 3. The number of nitrogens with one attached hydrogen (secondary N) is 1. The van der Waals surface area contributed by atoms with E-state index in [1.165, 1.54) is 10.5 Å². The fourth-order valence-electron chi connectivity index (χ4n) is 4.02. The van der Waals surface area contributed by atoms with E-state index in [4.69, 9.17) is 14.5 Å². The molecule has 0 aliphatic rings. The number of methoxy groups -OCH3 is 2. The molecule has 1 aromatic heterocycles. The van der Waals surface area contributed by atoms with Crippen LogP contribution in [0.2, 0.25) is 0 Å². The summed E-state index contributed by atoms with van der Waals surface area (Å²) in [5.41, 5.74) is 5.26. The standard InChI is InChI=1S/C30H32N4O4/c1-21-13-14-25(17-22(21)2)34-19-27(23-9-6-5-7-10-23)31-30(34)32-28(35)20-33(15-16-37-3)29(36)24-11-8-12-26(18-24)38-4/h5-14,17-19H,15-16,20H2,1-4H3,(H,31,32,35). The third-order valence-corrected chi connectivity index (χ3v) is 6.30. The van der Waals surface area contributed by atoms with Gasteiger partial charge in [-0.05, 0) is 55.3 Å². The van der Waals surface area contributed by atoms with E-state index in [1.807, 2.05) is 60.2 Å². The lowest BCUT2D eigenvalue weighted by Crippen LogP contribution is -2.40. The lowest BCUT2D eigenvalue weighted by atomic mass is 10.1. The third-order valence-electron chi connectivity index (χ3n) is 6.30. The number of carbonyl (C=O) groups excluding carboxylic acids is 2. The van der Waals surface area contributed by atoms with Crippen LogP contribution >= 0.6 is 0 Å². The van der Waals surface area contributed by atoms with Gasteiger partial charge in [-0.15, -0.1) is 0 Å². The highest BCUT2D eigenvalue weighted by molar-refractivity contribution is 5.99. The second kappa shape index (κ2) is 12.2. The summed E-state index contributed by atoms with van der Waals surface area (Å²) in [6, 6.07) is 22.7. The molecule has 0 aliphatic carbocycles. The van der Waals surface area contributed by atoms with E-state index in [0.29, 0.717) is 23.9 Å². The lowest BCUT2D eigenvalue weighted by Gasteiger charge is -2.22. The normalized spacial score (nSPS) is 10.7. The van der Waals surface area contributed by atoms with E-state index >= 15 is 0 Å². The molecule has 0 atom stereocenters. The molecule has 38 heavy (non-hydrogen) atoms. The first kappa shape index (κ1) is 26.6. The summed E-state index contributed by atoms with van der Waals surface area (Å²) in [5.74, 6) is 0.278. The van der Waals surface area contributed by atoms with Crippen LogP contribution in [0.15, 0.2) is 79.0 Å². The van der Waals surface area contributed by atoms with Gasteiger partial charge in [0.05, 0.1) is 19.4 Å². The van der Waals surface area contributed by atoms with Crippen LogP contribution in [0.3, 0.4) is 0 Å². The molecule has 0 radical (unpaired) electrons. The Morgan fingerprint density at radius 1 is 0.947 bits per heavy atom. The van der Waals surface area contributed by atoms with Crippen LogP contribution < -0.4 is 10.1 Å². The van der Waals surface area contributed by atoms with Crippen molar-refractivity contribution in [3.05, 3.63) is 95.7 Å². The molecular formula is C30H32N4O4. The molecule has 2 amide bonds. The molecule has 196 valence electrons. The van der Waals surface area contributed by atoms with E-state index in [2.05, 4.69) is 18.3 Å². The van der Waals surface area contributed by atoms with Gasteiger partial charge in [0.15, 0.2) is 0 Å². The number of aromatic nitrogens is 2. The zero-order valence-corrected chi connectivity index (χ0v) is 22.1. The van der Waals surface area contributed by atoms with Gasteiger partial charge in [-0.3, -0.25) is 19.5 Å². The van der Waals surface area contributed by atoms with Gasteiger partial charge in [-0.1, -0.05) is 42.5 Å². The van der Waals surface area contributed by atoms with Crippen molar-refractivity contribution in [2.24, 2.45) is 0 Å². The minimum atomic E-state index is -0.368. The Balaban J connectivity index is 1.62. The summed E-state index contributed by atoms with van der Waals surface area (Å²) in [5, 5.41) is 2.92. The Morgan fingerprint density at radius 3 is 2.45 bits per heavy atom. The molecule has 0 saturated carbocycles. The van der Waals surface area contributed by atoms with E-state index in [0.717, 1.165) is 22.5 Å².